The van der Waals surface area contributed by atoms with E-state index in [1.54, 1.807) is 11.3 Å². The van der Waals surface area contributed by atoms with Crippen LogP contribution in [0, 0.1) is 12.8 Å². The minimum atomic E-state index is -0.0705. The number of amides is 1. The summed E-state index contributed by atoms with van der Waals surface area (Å²) in [4.78, 5) is 13.9. The summed E-state index contributed by atoms with van der Waals surface area (Å²) >= 11 is 1.60. The Bertz CT molecular complexity index is 728. The Morgan fingerprint density at radius 3 is 2.91 bits per heavy atom. The number of aryl methyl sites for hydroxylation is 1. The fraction of sp³-hybridized carbons (Fsp3) is 0.389. The molecular formula is C18H20N2O2S. The molecule has 1 amide bonds. The fourth-order valence-corrected chi connectivity index (χ4v) is 4.61. The zero-order valence-corrected chi connectivity index (χ0v) is 13.8. The topological polar surface area (TPSA) is 64.4 Å². The van der Waals surface area contributed by atoms with Crippen LogP contribution in [0.1, 0.15) is 21.7 Å². The molecule has 1 aromatic carbocycles. The molecule has 4 atom stereocenters. The van der Waals surface area contributed by atoms with Gasteiger partial charge in [0.05, 0.1) is 17.7 Å². The van der Waals surface area contributed by atoms with Crippen molar-refractivity contribution in [2.75, 3.05) is 6.61 Å². The molecule has 0 unspecified atom stereocenters. The van der Waals surface area contributed by atoms with Crippen molar-refractivity contribution in [3.05, 3.63) is 46.2 Å². The number of carbonyl (C=O) groups excluding carboxylic acids is 1. The lowest BCUT2D eigenvalue weighted by molar-refractivity contribution is -0.0160. The van der Waals surface area contributed by atoms with Crippen molar-refractivity contribution >= 4 is 17.2 Å². The van der Waals surface area contributed by atoms with Gasteiger partial charge in [-0.25, -0.2) is 0 Å². The molecule has 2 fully saturated rings. The van der Waals surface area contributed by atoms with Gasteiger partial charge >= 0.3 is 0 Å². The molecular weight excluding hydrogens is 308 g/mol. The van der Waals surface area contributed by atoms with Gasteiger partial charge in [0.25, 0.3) is 5.91 Å². The molecule has 4 rings (SSSR count). The van der Waals surface area contributed by atoms with Gasteiger partial charge in [-0.2, -0.15) is 0 Å². The third-order valence-electron chi connectivity index (χ3n) is 5.03. The number of hydrogen-bond donors (Lipinski definition) is 2. The van der Waals surface area contributed by atoms with Gasteiger partial charge in [0.2, 0.25) is 0 Å². The van der Waals surface area contributed by atoms with E-state index in [1.165, 1.54) is 0 Å². The molecule has 1 aromatic heterocycles. The monoisotopic (exact) mass is 328 g/mol. The van der Waals surface area contributed by atoms with Gasteiger partial charge in [0, 0.05) is 34.4 Å². The Hall–Kier alpha value is -1.69. The molecule has 1 saturated carbocycles. The quantitative estimate of drug-likeness (QED) is 0.910. The largest absolute Gasteiger partial charge is 0.376 e. The predicted molar refractivity (Wildman–Crippen MR) is 91.6 cm³/mol. The molecule has 1 aliphatic carbocycles. The summed E-state index contributed by atoms with van der Waals surface area (Å²) in [6.07, 6.45) is 1.10. The second kappa shape index (κ2) is 5.74. The third-order valence-corrected chi connectivity index (χ3v) is 5.94. The number of carbonyl (C=O) groups is 1. The molecule has 0 bridgehead atoms. The van der Waals surface area contributed by atoms with Crippen LogP contribution in [0.3, 0.4) is 0 Å². The number of thiophene rings is 1. The van der Waals surface area contributed by atoms with E-state index in [4.69, 9.17) is 10.5 Å². The van der Waals surface area contributed by atoms with E-state index in [0.717, 1.165) is 34.6 Å². The molecule has 120 valence electrons. The molecule has 2 heterocycles. The minimum Gasteiger partial charge on any atom is -0.376 e. The fourth-order valence-electron chi connectivity index (χ4n) is 3.74. The van der Waals surface area contributed by atoms with Crippen LogP contribution in [0.25, 0.3) is 11.1 Å². The number of fused-ring (bicyclic) bond motifs is 1. The Morgan fingerprint density at radius 2 is 2.13 bits per heavy atom. The van der Waals surface area contributed by atoms with E-state index in [9.17, 15) is 4.79 Å². The number of nitrogens with two attached hydrogens (primary N) is 1. The number of rotatable bonds is 3. The minimum absolute atomic E-state index is 0.00589. The van der Waals surface area contributed by atoms with E-state index in [0.29, 0.717) is 5.92 Å². The lowest BCUT2D eigenvalue weighted by atomic mass is 9.72. The van der Waals surface area contributed by atoms with Gasteiger partial charge in [-0.3, -0.25) is 4.79 Å². The highest BCUT2D eigenvalue weighted by molar-refractivity contribution is 7.10. The summed E-state index contributed by atoms with van der Waals surface area (Å²) < 4.78 is 5.70. The van der Waals surface area contributed by atoms with E-state index >= 15 is 0 Å². The maximum absolute atomic E-state index is 12.8. The summed E-state index contributed by atoms with van der Waals surface area (Å²) in [5, 5.41) is 5.03. The van der Waals surface area contributed by atoms with Crippen LogP contribution in [0.4, 0.5) is 0 Å². The Labute approximate surface area is 139 Å². The first-order chi connectivity index (χ1) is 11.2. The van der Waals surface area contributed by atoms with Crippen LogP contribution in [0.15, 0.2) is 35.7 Å². The number of benzene rings is 1. The molecule has 2 aliphatic rings. The normalized spacial score (nSPS) is 29.0. The van der Waals surface area contributed by atoms with Gasteiger partial charge in [0.15, 0.2) is 0 Å². The second-order valence-electron chi connectivity index (χ2n) is 6.31. The van der Waals surface area contributed by atoms with E-state index < -0.39 is 0 Å². The Kier molecular flexibility index (Phi) is 3.71. The summed E-state index contributed by atoms with van der Waals surface area (Å²) in [6, 6.07) is 9.98. The van der Waals surface area contributed by atoms with Crippen LogP contribution < -0.4 is 11.1 Å². The van der Waals surface area contributed by atoms with Crippen molar-refractivity contribution in [1.82, 2.24) is 5.32 Å². The van der Waals surface area contributed by atoms with Gasteiger partial charge in [-0.15, -0.1) is 11.3 Å². The lowest BCUT2D eigenvalue weighted by Gasteiger charge is -2.45. The van der Waals surface area contributed by atoms with Crippen LogP contribution in [0.2, 0.25) is 0 Å². The number of ether oxygens (including phenoxy) is 1. The van der Waals surface area contributed by atoms with Gasteiger partial charge in [0.1, 0.15) is 0 Å². The van der Waals surface area contributed by atoms with Crippen molar-refractivity contribution in [3.8, 4) is 11.1 Å². The first-order valence-electron chi connectivity index (χ1n) is 7.98. The van der Waals surface area contributed by atoms with Crippen molar-refractivity contribution in [2.24, 2.45) is 11.7 Å². The van der Waals surface area contributed by atoms with Gasteiger partial charge in [-0.05, 0) is 18.9 Å². The SMILES string of the molecule is Cc1scc(C(=O)N[C@@H]2[C@@H](N)[C@H]3CCO[C@H]32)c1-c1ccccc1. The molecule has 0 radical (unpaired) electrons. The van der Waals surface area contributed by atoms with Crippen LogP contribution in [0.5, 0.6) is 0 Å². The number of nitrogens with one attached hydrogen (secondary N) is 1. The van der Waals surface area contributed by atoms with E-state index in [2.05, 4.69) is 12.2 Å². The first kappa shape index (κ1) is 14.9. The summed E-state index contributed by atoms with van der Waals surface area (Å²) in [5.41, 5.74) is 9.02. The van der Waals surface area contributed by atoms with Crippen molar-refractivity contribution in [2.45, 2.75) is 31.5 Å². The molecule has 0 spiro atoms. The Balaban J connectivity index is 1.58. The highest BCUT2D eigenvalue weighted by atomic mass is 32.1. The summed E-state index contributed by atoms with van der Waals surface area (Å²) in [5.74, 6) is 0.348. The maximum atomic E-state index is 12.8. The lowest BCUT2D eigenvalue weighted by Crippen LogP contribution is -2.68. The molecule has 23 heavy (non-hydrogen) atoms. The average Bonchev–Trinajstić information content (AvgIpc) is 3.17. The van der Waals surface area contributed by atoms with Crippen molar-refractivity contribution < 1.29 is 9.53 Å². The summed E-state index contributed by atoms with van der Waals surface area (Å²) in [6.45, 7) is 2.80. The Morgan fingerprint density at radius 1 is 1.35 bits per heavy atom. The predicted octanol–water partition coefficient (Wildman–Crippen LogP) is 2.57. The zero-order chi connectivity index (χ0) is 16.0. The standard InChI is InChI=1S/C18H20N2O2S/c1-10-14(11-5-3-2-4-6-11)13(9-23-10)18(21)20-16-15(19)12-7-8-22-17(12)16/h2-6,9,12,15-17H,7-8,19H2,1H3,(H,20,21)/t12-,15+,16-,17-/m1/s1. The van der Waals surface area contributed by atoms with E-state index in [-0.39, 0.29) is 24.1 Å². The molecule has 1 saturated heterocycles. The van der Waals surface area contributed by atoms with E-state index in [1.807, 2.05) is 35.7 Å². The molecule has 5 heteroatoms. The highest BCUT2D eigenvalue weighted by Gasteiger charge is 2.52. The van der Waals surface area contributed by atoms with Crippen LogP contribution in [-0.4, -0.2) is 30.7 Å². The molecule has 1 aliphatic heterocycles. The van der Waals surface area contributed by atoms with Crippen molar-refractivity contribution in [3.63, 3.8) is 0 Å². The first-order valence-corrected chi connectivity index (χ1v) is 8.86. The third kappa shape index (κ3) is 2.40. The van der Waals surface area contributed by atoms with Crippen molar-refractivity contribution in [1.29, 1.82) is 0 Å². The maximum Gasteiger partial charge on any atom is 0.253 e. The molecule has 2 aromatic rings. The number of hydrogen-bond acceptors (Lipinski definition) is 4. The summed E-state index contributed by atoms with van der Waals surface area (Å²) in [7, 11) is 0. The smallest absolute Gasteiger partial charge is 0.253 e. The van der Waals surface area contributed by atoms with Gasteiger partial charge in [-0.1, -0.05) is 30.3 Å². The second-order valence-corrected chi connectivity index (χ2v) is 7.39. The average molecular weight is 328 g/mol. The zero-order valence-electron chi connectivity index (χ0n) is 13.0. The molecule has 3 N–H and O–H groups in total. The van der Waals surface area contributed by atoms with Crippen LogP contribution >= 0.6 is 11.3 Å². The van der Waals surface area contributed by atoms with Crippen LogP contribution in [-0.2, 0) is 4.74 Å². The van der Waals surface area contributed by atoms with Gasteiger partial charge < -0.3 is 15.8 Å². The molecule has 4 nitrogen and oxygen atoms in total. The highest BCUT2D eigenvalue weighted by Crippen LogP contribution is 2.38.